The van der Waals surface area contributed by atoms with Crippen molar-refractivity contribution in [2.45, 2.75) is 31.8 Å². The van der Waals surface area contributed by atoms with Gasteiger partial charge < -0.3 is 4.90 Å². The van der Waals surface area contributed by atoms with Crippen molar-refractivity contribution >= 4 is 5.91 Å². The Bertz CT molecular complexity index is 741. The number of benzene rings is 1. The maximum atomic E-state index is 12.9. The predicted octanol–water partition coefficient (Wildman–Crippen LogP) is 2.26. The number of rotatable bonds is 4. The summed E-state index contributed by atoms with van der Waals surface area (Å²) >= 11 is 0. The number of aryl methyl sites for hydroxylation is 1. The van der Waals surface area contributed by atoms with Crippen LogP contribution in [0.15, 0.2) is 42.7 Å². The van der Waals surface area contributed by atoms with E-state index in [4.69, 9.17) is 0 Å². The van der Waals surface area contributed by atoms with Crippen LogP contribution in [0, 0.1) is 5.92 Å². The molecule has 1 aromatic heterocycles. The minimum Gasteiger partial charge on any atom is -0.337 e. The van der Waals surface area contributed by atoms with Crippen molar-refractivity contribution in [3.8, 4) is 0 Å². The number of amides is 1. The Morgan fingerprint density at radius 3 is 2.72 bits per heavy atom. The summed E-state index contributed by atoms with van der Waals surface area (Å²) in [7, 11) is 1.93. The lowest BCUT2D eigenvalue weighted by Crippen LogP contribution is -2.54. The summed E-state index contributed by atoms with van der Waals surface area (Å²) in [6.45, 7) is 5.88. The van der Waals surface area contributed by atoms with Gasteiger partial charge in [0.2, 0.25) is 5.91 Å². The molecule has 1 aliphatic heterocycles. The second kappa shape index (κ2) is 6.64. The zero-order chi connectivity index (χ0) is 17.4. The van der Waals surface area contributed by atoms with Crippen molar-refractivity contribution in [3.63, 3.8) is 0 Å². The van der Waals surface area contributed by atoms with E-state index in [0.29, 0.717) is 11.8 Å². The van der Waals surface area contributed by atoms with Crippen LogP contribution in [0.4, 0.5) is 0 Å². The largest absolute Gasteiger partial charge is 0.337 e. The maximum Gasteiger partial charge on any atom is 0.226 e. The predicted molar refractivity (Wildman–Crippen MR) is 97.0 cm³/mol. The summed E-state index contributed by atoms with van der Waals surface area (Å²) < 4.78 is 1.82. The first-order chi connectivity index (χ1) is 12.1. The van der Waals surface area contributed by atoms with Gasteiger partial charge in [-0.15, -0.1) is 0 Å². The lowest BCUT2D eigenvalue weighted by atomic mass is 10.1. The molecule has 2 heterocycles. The number of carbonyl (C=O) groups excluding carboxylic acids is 1. The molecule has 2 aromatic rings. The average Bonchev–Trinajstić information content (AvgIpc) is 3.29. The Labute approximate surface area is 149 Å². The molecule has 2 fully saturated rings. The highest BCUT2D eigenvalue weighted by Gasteiger charge is 2.47. The van der Waals surface area contributed by atoms with Gasteiger partial charge in [0.15, 0.2) is 0 Å². The summed E-state index contributed by atoms with van der Waals surface area (Å²) in [5, 5.41) is 4.23. The Morgan fingerprint density at radius 1 is 1.24 bits per heavy atom. The topological polar surface area (TPSA) is 41.4 Å². The molecule has 3 atom stereocenters. The summed E-state index contributed by atoms with van der Waals surface area (Å²) in [6, 6.07) is 10.8. The molecular weight excluding hydrogens is 312 g/mol. The fraction of sp³-hybridized carbons (Fsp3) is 0.500. The van der Waals surface area contributed by atoms with Crippen LogP contribution in [0.3, 0.4) is 0 Å². The van der Waals surface area contributed by atoms with Crippen LogP contribution in [0.2, 0.25) is 0 Å². The van der Waals surface area contributed by atoms with E-state index < -0.39 is 0 Å². The van der Waals surface area contributed by atoms with Gasteiger partial charge in [0.05, 0.1) is 6.20 Å². The van der Waals surface area contributed by atoms with Gasteiger partial charge in [-0.2, -0.15) is 5.10 Å². The second-order valence-electron chi connectivity index (χ2n) is 7.50. The van der Waals surface area contributed by atoms with Crippen molar-refractivity contribution in [3.05, 3.63) is 53.9 Å². The van der Waals surface area contributed by atoms with E-state index in [1.165, 1.54) is 11.1 Å². The third kappa shape index (κ3) is 3.47. The Hall–Kier alpha value is -2.14. The molecule has 25 heavy (non-hydrogen) atoms. The van der Waals surface area contributed by atoms with E-state index in [9.17, 15) is 4.79 Å². The van der Waals surface area contributed by atoms with Gasteiger partial charge in [0.25, 0.3) is 0 Å². The van der Waals surface area contributed by atoms with Gasteiger partial charge in [0.1, 0.15) is 0 Å². The number of carbonyl (C=O) groups is 1. The van der Waals surface area contributed by atoms with E-state index in [1.54, 1.807) is 0 Å². The van der Waals surface area contributed by atoms with Gasteiger partial charge in [-0.25, -0.2) is 0 Å². The van der Waals surface area contributed by atoms with Crippen LogP contribution in [0.1, 0.15) is 30.4 Å². The summed E-state index contributed by atoms with van der Waals surface area (Å²) in [6.07, 6.45) is 4.92. The lowest BCUT2D eigenvalue weighted by Gasteiger charge is -2.40. The number of hydrogen-bond acceptors (Lipinski definition) is 3. The van der Waals surface area contributed by atoms with Crippen molar-refractivity contribution < 1.29 is 4.79 Å². The molecule has 2 aliphatic rings. The zero-order valence-electron chi connectivity index (χ0n) is 15.0. The van der Waals surface area contributed by atoms with Crippen LogP contribution in [-0.2, 0) is 18.4 Å². The highest BCUT2D eigenvalue weighted by Crippen LogP contribution is 2.48. The average molecular weight is 338 g/mol. The van der Waals surface area contributed by atoms with Gasteiger partial charge in [-0.05, 0) is 30.4 Å². The molecule has 0 N–H and O–H groups in total. The number of aromatic nitrogens is 2. The quantitative estimate of drug-likeness (QED) is 0.859. The zero-order valence-corrected chi connectivity index (χ0v) is 15.0. The van der Waals surface area contributed by atoms with E-state index in [-0.39, 0.29) is 12.0 Å². The molecule has 0 spiro atoms. The van der Waals surface area contributed by atoms with Crippen molar-refractivity contribution in [1.82, 2.24) is 19.6 Å². The standard InChI is InChI=1S/C20H26N4O/c1-15-12-23(13-16-6-4-3-5-7-16)8-9-24(15)20(25)19-10-18(19)17-11-21-22(2)14-17/h3-7,11,14-15,18-19H,8-10,12-13H2,1-2H3/t15-,18+,19-/m1/s1. The number of piperazine rings is 1. The highest BCUT2D eigenvalue weighted by molar-refractivity contribution is 5.83. The van der Waals surface area contributed by atoms with Gasteiger partial charge in [0, 0.05) is 51.4 Å². The second-order valence-corrected chi connectivity index (χ2v) is 7.50. The molecule has 0 bridgehead atoms. The van der Waals surface area contributed by atoms with Crippen LogP contribution < -0.4 is 0 Å². The molecule has 0 unspecified atom stereocenters. The van der Waals surface area contributed by atoms with Crippen LogP contribution in [-0.4, -0.2) is 51.2 Å². The van der Waals surface area contributed by atoms with E-state index in [1.807, 2.05) is 24.1 Å². The third-order valence-electron chi connectivity index (χ3n) is 5.50. The lowest BCUT2D eigenvalue weighted by molar-refractivity contribution is -0.137. The molecule has 1 amide bonds. The fourth-order valence-corrected chi connectivity index (χ4v) is 4.03. The van der Waals surface area contributed by atoms with E-state index in [2.05, 4.69) is 52.2 Å². The highest BCUT2D eigenvalue weighted by atomic mass is 16.2. The maximum absolute atomic E-state index is 12.9. The minimum absolute atomic E-state index is 0.160. The molecular formula is C20H26N4O. The molecule has 5 nitrogen and oxygen atoms in total. The van der Waals surface area contributed by atoms with E-state index in [0.717, 1.165) is 32.6 Å². The first kappa shape index (κ1) is 16.3. The normalized spacial score (nSPS) is 26.6. The molecule has 1 aromatic carbocycles. The summed E-state index contributed by atoms with van der Waals surface area (Å²) in [5.74, 6) is 0.865. The Morgan fingerprint density at radius 2 is 2.04 bits per heavy atom. The molecule has 132 valence electrons. The smallest absolute Gasteiger partial charge is 0.226 e. The van der Waals surface area contributed by atoms with Gasteiger partial charge in [-0.1, -0.05) is 30.3 Å². The number of hydrogen-bond donors (Lipinski definition) is 0. The van der Waals surface area contributed by atoms with Crippen LogP contribution in [0.5, 0.6) is 0 Å². The summed E-state index contributed by atoms with van der Waals surface area (Å²) in [4.78, 5) is 17.5. The molecule has 4 rings (SSSR count). The fourth-order valence-electron chi connectivity index (χ4n) is 4.03. The first-order valence-corrected chi connectivity index (χ1v) is 9.17. The van der Waals surface area contributed by atoms with Crippen molar-refractivity contribution in [1.29, 1.82) is 0 Å². The Balaban J connectivity index is 1.33. The van der Waals surface area contributed by atoms with Crippen molar-refractivity contribution in [2.75, 3.05) is 19.6 Å². The Kier molecular flexibility index (Phi) is 4.34. The van der Waals surface area contributed by atoms with Gasteiger partial charge >= 0.3 is 0 Å². The molecule has 0 radical (unpaired) electrons. The monoisotopic (exact) mass is 338 g/mol. The van der Waals surface area contributed by atoms with Crippen LogP contribution in [0.25, 0.3) is 0 Å². The van der Waals surface area contributed by atoms with Gasteiger partial charge in [-0.3, -0.25) is 14.4 Å². The molecule has 1 saturated heterocycles. The summed E-state index contributed by atoms with van der Waals surface area (Å²) in [5.41, 5.74) is 2.55. The third-order valence-corrected chi connectivity index (χ3v) is 5.50. The van der Waals surface area contributed by atoms with Crippen LogP contribution >= 0.6 is 0 Å². The van der Waals surface area contributed by atoms with Crippen molar-refractivity contribution in [2.24, 2.45) is 13.0 Å². The van der Waals surface area contributed by atoms with E-state index >= 15 is 0 Å². The molecule has 5 heteroatoms. The number of nitrogens with zero attached hydrogens (tertiary/aromatic N) is 4. The molecule has 1 saturated carbocycles. The molecule has 1 aliphatic carbocycles. The SMILES string of the molecule is C[C@@H]1CN(Cc2ccccc2)CCN1C(=O)[C@@H]1C[C@H]1c1cnn(C)c1. The minimum atomic E-state index is 0.160. The first-order valence-electron chi connectivity index (χ1n) is 9.17.